The largest absolute Gasteiger partial charge is 0.508 e. The third-order valence-corrected chi connectivity index (χ3v) is 3.40. The van der Waals surface area contributed by atoms with Gasteiger partial charge in [-0.25, -0.2) is 0 Å². The second kappa shape index (κ2) is 7.14. The molecule has 0 radical (unpaired) electrons. The first-order valence-electron chi connectivity index (χ1n) is 6.82. The summed E-state index contributed by atoms with van der Waals surface area (Å²) in [7, 11) is 0. The molecule has 0 bridgehead atoms. The van der Waals surface area contributed by atoms with Crippen molar-refractivity contribution in [3.8, 4) is 5.75 Å². The van der Waals surface area contributed by atoms with Crippen LogP contribution in [0.1, 0.15) is 5.56 Å². The van der Waals surface area contributed by atoms with E-state index in [1.165, 1.54) is 10.9 Å². The normalized spacial score (nSPS) is 10.1. The molecule has 3 aromatic rings. The zero-order chi connectivity index (χ0) is 13.8. The number of fused-ring (bicyclic) bond motifs is 1. The topological polar surface area (TPSA) is 32.3 Å². The fraction of sp³-hybridized carbons (Fsp3) is 0.111. The molecule has 0 aliphatic heterocycles. The minimum absolute atomic E-state index is 0. The molecule has 2 nitrogen and oxygen atoms in total. The van der Waals surface area contributed by atoms with Gasteiger partial charge in [0.25, 0.3) is 0 Å². The summed E-state index contributed by atoms with van der Waals surface area (Å²) < 4.78 is 0. The molecule has 0 saturated heterocycles. The lowest BCUT2D eigenvalue weighted by Crippen LogP contribution is -2.04. The Morgan fingerprint density at radius 1 is 0.810 bits per heavy atom. The Balaban J connectivity index is 0.00000161. The van der Waals surface area contributed by atoms with Gasteiger partial charge < -0.3 is 10.4 Å². The molecular weight excluding hydrogens is 326 g/mol. The molecule has 0 fully saturated rings. The molecule has 0 aromatic heterocycles. The molecule has 3 heteroatoms. The van der Waals surface area contributed by atoms with Crippen LogP contribution in [-0.4, -0.2) is 11.7 Å². The van der Waals surface area contributed by atoms with E-state index in [1.807, 2.05) is 24.3 Å². The summed E-state index contributed by atoms with van der Waals surface area (Å²) in [5, 5.41) is 15.1. The van der Waals surface area contributed by atoms with E-state index in [4.69, 9.17) is 0 Å². The van der Waals surface area contributed by atoms with Crippen molar-refractivity contribution in [2.24, 2.45) is 0 Å². The van der Waals surface area contributed by atoms with Crippen molar-refractivity contribution in [1.29, 1.82) is 0 Å². The number of para-hydroxylation sites is 1. The number of hydrogen-bond acceptors (Lipinski definition) is 2. The highest BCUT2D eigenvalue weighted by molar-refractivity contribution is 8.93. The van der Waals surface area contributed by atoms with Crippen LogP contribution in [0, 0.1) is 0 Å². The van der Waals surface area contributed by atoms with Gasteiger partial charge in [-0.1, -0.05) is 42.5 Å². The van der Waals surface area contributed by atoms with Gasteiger partial charge in [0.1, 0.15) is 5.75 Å². The van der Waals surface area contributed by atoms with Crippen LogP contribution >= 0.6 is 17.0 Å². The number of nitrogens with one attached hydrogen (secondary N) is 1. The van der Waals surface area contributed by atoms with E-state index in [9.17, 15) is 5.11 Å². The first kappa shape index (κ1) is 15.4. The molecule has 0 aliphatic rings. The SMILES string of the molecule is Br.Oc1ccc2cc(CCNc3ccccc3)ccc2c1. The molecule has 0 saturated carbocycles. The molecule has 3 aromatic carbocycles. The number of benzene rings is 3. The van der Waals surface area contributed by atoms with Crippen molar-refractivity contribution in [2.45, 2.75) is 6.42 Å². The molecule has 3 rings (SSSR count). The predicted octanol–water partition coefficient (Wildman–Crippen LogP) is 4.78. The first-order valence-corrected chi connectivity index (χ1v) is 6.82. The third kappa shape index (κ3) is 3.99. The molecule has 21 heavy (non-hydrogen) atoms. The van der Waals surface area contributed by atoms with E-state index in [0.717, 1.165) is 24.0 Å². The Morgan fingerprint density at radius 2 is 1.52 bits per heavy atom. The lowest BCUT2D eigenvalue weighted by atomic mass is 10.0. The van der Waals surface area contributed by atoms with Gasteiger partial charge in [-0.2, -0.15) is 0 Å². The van der Waals surface area contributed by atoms with Crippen LogP contribution in [0.4, 0.5) is 5.69 Å². The quantitative estimate of drug-likeness (QED) is 0.714. The van der Waals surface area contributed by atoms with Gasteiger partial charge >= 0.3 is 0 Å². The van der Waals surface area contributed by atoms with E-state index in [-0.39, 0.29) is 17.0 Å². The fourth-order valence-corrected chi connectivity index (χ4v) is 2.35. The summed E-state index contributed by atoms with van der Waals surface area (Å²) in [6.07, 6.45) is 0.978. The molecule has 2 N–H and O–H groups in total. The molecule has 0 atom stereocenters. The molecule has 0 spiro atoms. The summed E-state index contributed by atoms with van der Waals surface area (Å²) in [4.78, 5) is 0. The smallest absolute Gasteiger partial charge is 0.116 e. The molecule has 0 heterocycles. The summed E-state index contributed by atoms with van der Waals surface area (Å²) in [6.45, 7) is 0.910. The van der Waals surface area contributed by atoms with Crippen LogP contribution in [-0.2, 0) is 6.42 Å². The van der Waals surface area contributed by atoms with Crippen LogP contribution in [0.25, 0.3) is 10.8 Å². The van der Waals surface area contributed by atoms with Gasteiger partial charge in [0.2, 0.25) is 0 Å². The Labute approximate surface area is 135 Å². The average molecular weight is 344 g/mol. The zero-order valence-electron chi connectivity index (χ0n) is 11.6. The Morgan fingerprint density at radius 3 is 2.33 bits per heavy atom. The number of anilines is 1. The van der Waals surface area contributed by atoms with Crippen LogP contribution in [0.3, 0.4) is 0 Å². The second-order valence-electron chi connectivity index (χ2n) is 4.91. The number of halogens is 1. The van der Waals surface area contributed by atoms with E-state index in [2.05, 4.69) is 35.6 Å². The summed E-state index contributed by atoms with van der Waals surface area (Å²) in [5.74, 6) is 0.316. The van der Waals surface area contributed by atoms with E-state index >= 15 is 0 Å². The number of phenolic OH excluding ortho intramolecular Hbond substituents is 1. The number of rotatable bonds is 4. The summed E-state index contributed by atoms with van der Waals surface area (Å²) in [5.41, 5.74) is 2.45. The number of phenols is 1. The molecular formula is C18H18BrNO. The van der Waals surface area contributed by atoms with E-state index in [1.54, 1.807) is 12.1 Å². The lowest BCUT2D eigenvalue weighted by Gasteiger charge is -2.07. The average Bonchev–Trinajstić information content (AvgIpc) is 2.48. The van der Waals surface area contributed by atoms with Gasteiger partial charge in [0, 0.05) is 12.2 Å². The molecule has 108 valence electrons. The maximum absolute atomic E-state index is 9.46. The Bertz CT molecular complexity index is 713. The zero-order valence-corrected chi connectivity index (χ0v) is 13.3. The highest BCUT2D eigenvalue weighted by atomic mass is 79.9. The van der Waals surface area contributed by atoms with E-state index in [0.29, 0.717) is 5.75 Å². The van der Waals surface area contributed by atoms with Crippen molar-refractivity contribution in [1.82, 2.24) is 0 Å². The second-order valence-corrected chi connectivity index (χ2v) is 4.91. The van der Waals surface area contributed by atoms with Crippen LogP contribution in [0.2, 0.25) is 0 Å². The molecule has 0 amide bonds. The third-order valence-electron chi connectivity index (χ3n) is 3.40. The van der Waals surface area contributed by atoms with Gasteiger partial charge in [-0.3, -0.25) is 0 Å². The highest BCUT2D eigenvalue weighted by Crippen LogP contribution is 2.21. The number of hydrogen-bond donors (Lipinski definition) is 2. The molecule has 0 aliphatic carbocycles. The maximum Gasteiger partial charge on any atom is 0.116 e. The highest BCUT2D eigenvalue weighted by Gasteiger charge is 1.98. The summed E-state index contributed by atoms with van der Waals surface area (Å²) in [6, 6.07) is 22.1. The standard InChI is InChI=1S/C18H17NO.BrH/c20-18-9-8-15-12-14(6-7-16(15)13-18)10-11-19-17-4-2-1-3-5-17;/h1-9,12-13,19-20H,10-11H2;1H. The predicted molar refractivity (Wildman–Crippen MR) is 94.6 cm³/mol. The van der Waals surface area contributed by atoms with Crippen LogP contribution in [0.15, 0.2) is 66.7 Å². The van der Waals surface area contributed by atoms with E-state index < -0.39 is 0 Å². The van der Waals surface area contributed by atoms with Crippen molar-refractivity contribution < 1.29 is 5.11 Å². The lowest BCUT2D eigenvalue weighted by molar-refractivity contribution is 0.476. The van der Waals surface area contributed by atoms with Gasteiger partial charge in [0.15, 0.2) is 0 Å². The van der Waals surface area contributed by atoms with Gasteiger partial charge in [-0.05, 0) is 47.0 Å². The van der Waals surface area contributed by atoms with Gasteiger partial charge in [0.05, 0.1) is 0 Å². The maximum atomic E-state index is 9.46. The molecule has 0 unspecified atom stereocenters. The Kier molecular flexibility index (Phi) is 5.23. The first-order chi connectivity index (χ1) is 9.81. The van der Waals surface area contributed by atoms with Crippen LogP contribution in [0.5, 0.6) is 5.75 Å². The number of aromatic hydroxyl groups is 1. The van der Waals surface area contributed by atoms with Crippen molar-refractivity contribution >= 4 is 33.4 Å². The van der Waals surface area contributed by atoms with Crippen LogP contribution < -0.4 is 5.32 Å². The monoisotopic (exact) mass is 343 g/mol. The fourth-order valence-electron chi connectivity index (χ4n) is 2.35. The van der Waals surface area contributed by atoms with Crippen molar-refractivity contribution in [3.05, 3.63) is 72.3 Å². The van der Waals surface area contributed by atoms with Crippen molar-refractivity contribution in [3.63, 3.8) is 0 Å². The minimum Gasteiger partial charge on any atom is -0.508 e. The van der Waals surface area contributed by atoms with Crippen molar-refractivity contribution in [2.75, 3.05) is 11.9 Å². The minimum atomic E-state index is 0. The summed E-state index contributed by atoms with van der Waals surface area (Å²) >= 11 is 0. The van der Waals surface area contributed by atoms with Gasteiger partial charge in [-0.15, -0.1) is 17.0 Å². The Hall–Kier alpha value is -2.00.